The lowest BCUT2D eigenvalue weighted by molar-refractivity contribution is 1.19. The third-order valence-corrected chi connectivity index (χ3v) is 4.18. The highest BCUT2D eigenvalue weighted by molar-refractivity contribution is 7.18. The lowest BCUT2D eigenvalue weighted by Crippen LogP contribution is -1.87. The summed E-state index contributed by atoms with van der Waals surface area (Å²) >= 11 is 1.73. The van der Waals surface area contributed by atoms with E-state index in [2.05, 4.69) is 34.2 Å². The molecule has 4 rings (SSSR count). The molecule has 3 aromatic heterocycles. The standard InChI is InChI=1S/C15H11N3S/c1-10-17-13-9-11(4-5-14(13)19-10)12-3-2-7-18-8-6-16-15(12)18/h2-9H,1H3. The van der Waals surface area contributed by atoms with Gasteiger partial charge in [0.2, 0.25) is 0 Å². The Bertz CT molecular complexity index is 889. The Kier molecular flexibility index (Phi) is 2.19. The minimum Gasteiger partial charge on any atom is -0.307 e. The van der Waals surface area contributed by atoms with Crippen molar-refractivity contribution in [3.63, 3.8) is 0 Å². The molecular weight excluding hydrogens is 254 g/mol. The molecule has 4 aromatic rings. The number of hydrogen-bond acceptors (Lipinski definition) is 3. The molecule has 0 atom stereocenters. The molecule has 0 aliphatic rings. The Hall–Kier alpha value is -2.20. The molecular formula is C15H11N3S. The SMILES string of the molecule is Cc1nc2cc(-c3cccn4ccnc34)ccc2s1. The largest absolute Gasteiger partial charge is 0.307 e. The Labute approximate surface area is 114 Å². The van der Waals surface area contributed by atoms with Crippen molar-refractivity contribution >= 4 is 27.2 Å². The Morgan fingerprint density at radius 3 is 3.05 bits per heavy atom. The van der Waals surface area contributed by atoms with E-state index in [4.69, 9.17) is 0 Å². The summed E-state index contributed by atoms with van der Waals surface area (Å²) in [5.41, 5.74) is 4.34. The zero-order valence-electron chi connectivity index (χ0n) is 10.4. The Balaban J connectivity index is 2.00. The number of fused-ring (bicyclic) bond motifs is 2. The van der Waals surface area contributed by atoms with Crippen molar-refractivity contribution in [2.24, 2.45) is 0 Å². The third-order valence-electron chi connectivity index (χ3n) is 3.22. The third kappa shape index (κ3) is 1.64. The molecule has 4 heteroatoms. The average Bonchev–Trinajstić information content (AvgIpc) is 3.01. The van der Waals surface area contributed by atoms with Crippen LogP contribution >= 0.6 is 11.3 Å². The summed E-state index contributed by atoms with van der Waals surface area (Å²) in [5.74, 6) is 0. The molecule has 3 nitrogen and oxygen atoms in total. The molecule has 92 valence electrons. The van der Waals surface area contributed by atoms with Crippen molar-refractivity contribution in [1.29, 1.82) is 0 Å². The molecule has 0 unspecified atom stereocenters. The number of nitrogens with zero attached hydrogens (tertiary/aromatic N) is 3. The van der Waals surface area contributed by atoms with Crippen molar-refractivity contribution in [1.82, 2.24) is 14.4 Å². The van der Waals surface area contributed by atoms with Gasteiger partial charge in [0.25, 0.3) is 0 Å². The van der Waals surface area contributed by atoms with Gasteiger partial charge < -0.3 is 4.40 Å². The second kappa shape index (κ2) is 3.90. The van der Waals surface area contributed by atoms with Gasteiger partial charge in [-0.15, -0.1) is 11.3 Å². The smallest absolute Gasteiger partial charge is 0.144 e. The fourth-order valence-electron chi connectivity index (χ4n) is 2.38. The Morgan fingerprint density at radius 1 is 1.16 bits per heavy atom. The van der Waals surface area contributed by atoms with Crippen LogP contribution in [0.1, 0.15) is 5.01 Å². The van der Waals surface area contributed by atoms with E-state index in [1.54, 1.807) is 11.3 Å². The molecule has 0 radical (unpaired) electrons. The van der Waals surface area contributed by atoms with Crippen LogP contribution in [0.2, 0.25) is 0 Å². The van der Waals surface area contributed by atoms with Gasteiger partial charge in [0.15, 0.2) is 0 Å². The van der Waals surface area contributed by atoms with E-state index in [1.807, 2.05) is 36.0 Å². The van der Waals surface area contributed by atoms with Gasteiger partial charge in [0, 0.05) is 24.2 Å². The molecule has 0 spiro atoms. The lowest BCUT2D eigenvalue weighted by Gasteiger charge is -2.03. The van der Waals surface area contributed by atoms with Gasteiger partial charge in [-0.25, -0.2) is 9.97 Å². The number of aromatic nitrogens is 3. The molecule has 0 aliphatic heterocycles. The Morgan fingerprint density at radius 2 is 2.11 bits per heavy atom. The van der Waals surface area contributed by atoms with Gasteiger partial charge in [0.05, 0.1) is 15.2 Å². The van der Waals surface area contributed by atoms with Crippen molar-refractivity contribution < 1.29 is 0 Å². The van der Waals surface area contributed by atoms with Crippen LogP contribution in [0, 0.1) is 6.92 Å². The second-order valence-electron chi connectivity index (χ2n) is 4.50. The first-order valence-electron chi connectivity index (χ1n) is 6.10. The summed E-state index contributed by atoms with van der Waals surface area (Å²) in [6.07, 6.45) is 5.80. The van der Waals surface area contributed by atoms with Gasteiger partial charge in [-0.05, 0) is 36.8 Å². The van der Waals surface area contributed by atoms with Crippen molar-refractivity contribution in [2.45, 2.75) is 6.92 Å². The average molecular weight is 265 g/mol. The number of pyridine rings is 1. The van der Waals surface area contributed by atoms with Crippen molar-refractivity contribution in [2.75, 3.05) is 0 Å². The maximum Gasteiger partial charge on any atom is 0.144 e. The summed E-state index contributed by atoms with van der Waals surface area (Å²) in [6, 6.07) is 10.6. The summed E-state index contributed by atoms with van der Waals surface area (Å²) in [7, 11) is 0. The van der Waals surface area contributed by atoms with Crippen LogP contribution in [0.3, 0.4) is 0 Å². The minimum absolute atomic E-state index is 0.980. The summed E-state index contributed by atoms with van der Waals surface area (Å²) < 4.78 is 3.27. The quantitative estimate of drug-likeness (QED) is 0.522. The van der Waals surface area contributed by atoms with Crippen LogP contribution in [-0.4, -0.2) is 14.4 Å². The first-order valence-corrected chi connectivity index (χ1v) is 6.92. The normalized spacial score (nSPS) is 11.4. The summed E-state index contributed by atoms with van der Waals surface area (Å²) in [5, 5.41) is 1.10. The van der Waals surface area contributed by atoms with Crippen LogP contribution in [0.15, 0.2) is 48.9 Å². The van der Waals surface area contributed by atoms with E-state index >= 15 is 0 Å². The van der Waals surface area contributed by atoms with Crippen molar-refractivity contribution in [3.05, 3.63) is 53.9 Å². The second-order valence-corrected chi connectivity index (χ2v) is 5.73. The van der Waals surface area contributed by atoms with Crippen LogP contribution in [0.5, 0.6) is 0 Å². The lowest BCUT2D eigenvalue weighted by atomic mass is 10.1. The number of aryl methyl sites for hydroxylation is 1. The first kappa shape index (κ1) is 10.7. The monoisotopic (exact) mass is 265 g/mol. The van der Waals surface area contributed by atoms with E-state index in [9.17, 15) is 0 Å². The molecule has 0 aliphatic carbocycles. The van der Waals surface area contributed by atoms with Gasteiger partial charge in [-0.3, -0.25) is 0 Å². The van der Waals surface area contributed by atoms with E-state index in [1.165, 1.54) is 4.70 Å². The summed E-state index contributed by atoms with van der Waals surface area (Å²) in [4.78, 5) is 8.98. The van der Waals surface area contributed by atoms with Crippen LogP contribution in [0.25, 0.3) is 27.0 Å². The van der Waals surface area contributed by atoms with E-state index < -0.39 is 0 Å². The van der Waals surface area contributed by atoms with Gasteiger partial charge in [-0.2, -0.15) is 0 Å². The minimum atomic E-state index is 0.980. The number of benzene rings is 1. The molecule has 3 heterocycles. The highest BCUT2D eigenvalue weighted by atomic mass is 32.1. The fraction of sp³-hybridized carbons (Fsp3) is 0.0667. The molecule has 0 N–H and O–H groups in total. The van der Waals surface area contributed by atoms with Crippen LogP contribution < -0.4 is 0 Å². The van der Waals surface area contributed by atoms with E-state index in [0.717, 1.165) is 27.3 Å². The number of rotatable bonds is 1. The molecule has 0 fully saturated rings. The van der Waals surface area contributed by atoms with Gasteiger partial charge in [-0.1, -0.05) is 6.07 Å². The van der Waals surface area contributed by atoms with Crippen LogP contribution in [0.4, 0.5) is 0 Å². The molecule has 0 saturated carbocycles. The molecule has 0 bridgehead atoms. The highest BCUT2D eigenvalue weighted by Gasteiger charge is 2.07. The maximum atomic E-state index is 4.56. The first-order chi connectivity index (χ1) is 9.31. The van der Waals surface area contributed by atoms with Gasteiger partial charge >= 0.3 is 0 Å². The van der Waals surface area contributed by atoms with Crippen molar-refractivity contribution in [3.8, 4) is 11.1 Å². The number of imidazole rings is 1. The number of thiazole rings is 1. The molecule has 0 amide bonds. The van der Waals surface area contributed by atoms with Crippen LogP contribution in [-0.2, 0) is 0 Å². The zero-order chi connectivity index (χ0) is 12.8. The zero-order valence-corrected chi connectivity index (χ0v) is 11.2. The maximum absolute atomic E-state index is 4.56. The molecule has 19 heavy (non-hydrogen) atoms. The van der Waals surface area contributed by atoms with E-state index in [0.29, 0.717) is 0 Å². The predicted octanol–water partition coefficient (Wildman–Crippen LogP) is 3.92. The fourth-order valence-corrected chi connectivity index (χ4v) is 3.19. The van der Waals surface area contributed by atoms with Gasteiger partial charge in [0.1, 0.15) is 5.65 Å². The predicted molar refractivity (Wildman–Crippen MR) is 78.5 cm³/mol. The molecule has 0 saturated heterocycles. The number of hydrogen-bond donors (Lipinski definition) is 0. The highest BCUT2D eigenvalue weighted by Crippen LogP contribution is 2.29. The van der Waals surface area contributed by atoms with E-state index in [-0.39, 0.29) is 0 Å². The topological polar surface area (TPSA) is 30.2 Å². The molecule has 1 aromatic carbocycles. The summed E-state index contributed by atoms with van der Waals surface area (Å²) in [6.45, 7) is 2.04.